The van der Waals surface area contributed by atoms with Crippen molar-refractivity contribution < 1.29 is 4.74 Å². The van der Waals surface area contributed by atoms with Gasteiger partial charge in [-0.2, -0.15) is 0 Å². The average molecular weight is 552 g/mol. The molecule has 0 radical (unpaired) electrons. The fourth-order valence-electron chi connectivity index (χ4n) is 3.83. The lowest BCUT2D eigenvalue weighted by Gasteiger charge is -2.34. The molecule has 0 unspecified atom stereocenters. The van der Waals surface area contributed by atoms with Crippen LogP contribution in [0.15, 0.2) is 59.6 Å². The van der Waals surface area contributed by atoms with Crippen molar-refractivity contribution in [2.75, 3.05) is 53.4 Å². The Morgan fingerprint density at radius 3 is 2.22 bits per heavy atom. The van der Waals surface area contributed by atoms with E-state index in [2.05, 4.69) is 67.9 Å². The largest absolute Gasteiger partial charge is 0.497 e. The van der Waals surface area contributed by atoms with Gasteiger partial charge >= 0.3 is 0 Å². The lowest BCUT2D eigenvalue weighted by atomic mass is 10.2. The Balaban J connectivity index is 0.00000363. The molecule has 0 aromatic heterocycles. The molecule has 2 aromatic rings. The maximum Gasteiger partial charge on any atom is 0.191 e. The van der Waals surface area contributed by atoms with E-state index >= 15 is 0 Å². The summed E-state index contributed by atoms with van der Waals surface area (Å²) in [5, 5.41) is 6.79. The molecule has 0 aliphatic carbocycles. The number of nitrogens with one attached hydrogen (secondary N) is 2. The molecule has 0 amide bonds. The summed E-state index contributed by atoms with van der Waals surface area (Å²) in [6.45, 7) is 8.61. The highest BCUT2D eigenvalue weighted by atomic mass is 127. The third-order valence-electron chi connectivity index (χ3n) is 5.75. The van der Waals surface area contributed by atoms with Gasteiger partial charge in [-0.3, -0.25) is 9.89 Å². The minimum atomic E-state index is 0. The number of hydrogen-bond acceptors (Lipinski definition) is 4. The van der Waals surface area contributed by atoms with Crippen LogP contribution in [0, 0.1) is 0 Å². The van der Waals surface area contributed by atoms with E-state index in [4.69, 9.17) is 4.74 Å². The predicted molar refractivity (Wildman–Crippen MR) is 144 cm³/mol. The van der Waals surface area contributed by atoms with Gasteiger partial charge < -0.3 is 20.3 Å². The average Bonchev–Trinajstić information content (AvgIpc) is 2.83. The quantitative estimate of drug-likeness (QED) is 0.205. The first kappa shape index (κ1) is 26.4. The first-order valence-corrected chi connectivity index (χ1v) is 11.3. The maximum atomic E-state index is 5.20. The molecule has 6 nitrogen and oxygen atoms in total. The zero-order chi connectivity index (χ0) is 21.7. The second-order valence-electron chi connectivity index (χ2n) is 8.01. The Morgan fingerprint density at radius 2 is 1.56 bits per heavy atom. The Hall–Kier alpha value is -1.84. The fourth-order valence-corrected chi connectivity index (χ4v) is 3.83. The smallest absolute Gasteiger partial charge is 0.191 e. The van der Waals surface area contributed by atoms with Gasteiger partial charge in [0.2, 0.25) is 0 Å². The van der Waals surface area contributed by atoms with Crippen molar-refractivity contribution in [1.29, 1.82) is 0 Å². The second kappa shape index (κ2) is 15.1. The van der Waals surface area contributed by atoms with Crippen LogP contribution in [0.25, 0.3) is 0 Å². The number of methoxy groups -OCH3 is 1. The summed E-state index contributed by atoms with van der Waals surface area (Å²) in [6, 6.07) is 18.9. The topological polar surface area (TPSA) is 52.1 Å². The molecule has 3 rings (SSSR count). The van der Waals surface area contributed by atoms with E-state index in [-0.39, 0.29) is 24.0 Å². The van der Waals surface area contributed by atoms with E-state index in [1.54, 1.807) is 7.11 Å². The number of aliphatic imine (C=N–C) groups is 1. The highest BCUT2D eigenvalue weighted by Crippen LogP contribution is 2.11. The second-order valence-corrected chi connectivity index (χ2v) is 8.01. The number of guanidine groups is 1. The zero-order valence-corrected chi connectivity index (χ0v) is 21.8. The summed E-state index contributed by atoms with van der Waals surface area (Å²) in [6.07, 6.45) is 2.36. The minimum absolute atomic E-state index is 0. The van der Waals surface area contributed by atoms with Gasteiger partial charge in [-0.25, -0.2) is 0 Å². The summed E-state index contributed by atoms with van der Waals surface area (Å²) in [5.41, 5.74) is 2.62. The molecule has 0 bridgehead atoms. The lowest BCUT2D eigenvalue weighted by Crippen LogP contribution is -2.46. The van der Waals surface area contributed by atoms with E-state index in [1.807, 2.05) is 19.2 Å². The molecule has 1 fully saturated rings. The molecular weight excluding hydrogens is 513 g/mol. The van der Waals surface area contributed by atoms with Crippen molar-refractivity contribution >= 4 is 29.9 Å². The molecule has 1 saturated heterocycles. The van der Waals surface area contributed by atoms with Crippen LogP contribution >= 0.6 is 24.0 Å². The Morgan fingerprint density at radius 1 is 0.875 bits per heavy atom. The standard InChI is InChI=1S/C25H37N5O.HI/c1-26-25(28-20-22-10-12-24(31-2)13-11-22)27-14-6-7-15-29-16-18-30(19-17-29)21-23-8-4-3-5-9-23;/h3-5,8-13H,6-7,14-21H2,1-2H3,(H2,26,27,28);1H. The number of ether oxygens (including phenoxy) is 1. The Bertz CT molecular complexity index is 777. The zero-order valence-electron chi connectivity index (χ0n) is 19.4. The minimum Gasteiger partial charge on any atom is -0.497 e. The molecule has 1 aliphatic heterocycles. The molecule has 176 valence electrons. The SMILES string of the molecule is CN=C(NCCCCN1CCN(Cc2ccccc2)CC1)NCc1ccc(OC)cc1.I. The summed E-state index contributed by atoms with van der Waals surface area (Å²) >= 11 is 0. The van der Waals surface area contributed by atoms with Gasteiger partial charge in [-0.05, 0) is 42.6 Å². The molecule has 7 heteroatoms. The molecule has 1 heterocycles. The van der Waals surface area contributed by atoms with Gasteiger partial charge in [0.25, 0.3) is 0 Å². The number of hydrogen-bond donors (Lipinski definition) is 2. The van der Waals surface area contributed by atoms with Crippen molar-refractivity contribution in [1.82, 2.24) is 20.4 Å². The van der Waals surface area contributed by atoms with Crippen LogP contribution in [0.1, 0.15) is 24.0 Å². The van der Waals surface area contributed by atoms with E-state index < -0.39 is 0 Å². The van der Waals surface area contributed by atoms with Crippen molar-refractivity contribution in [2.24, 2.45) is 4.99 Å². The first-order valence-electron chi connectivity index (χ1n) is 11.3. The highest BCUT2D eigenvalue weighted by Gasteiger charge is 2.16. The molecule has 0 saturated carbocycles. The Kier molecular flexibility index (Phi) is 12.4. The van der Waals surface area contributed by atoms with Crippen LogP contribution in [0.2, 0.25) is 0 Å². The highest BCUT2D eigenvalue weighted by molar-refractivity contribution is 14.0. The molecule has 0 atom stereocenters. The summed E-state index contributed by atoms with van der Waals surface area (Å²) in [5.74, 6) is 1.73. The number of unbranched alkanes of at least 4 members (excludes halogenated alkanes) is 1. The van der Waals surface area contributed by atoms with E-state index in [9.17, 15) is 0 Å². The number of piperazine rings is 1. The van der Waals surface area contributed by atoms with Gasteiger partial charge in [0, 0.05) is 52.9 Å². The number of nitrogens with zero attached hydrogens (tertiary/aromatic N) is 3. The number of rotatable bonds is 10. The Labute approximate surface area is 210 Å². The van der Waals surface area contributed by atoms with E-state index in [1.165, 1.54) is 37.2 Å². The third-order valence-corrected chi connectivity index (χ3v) is 5.75. The van der Waals surface area contributed by atoms with Crippen LogP contribution in [0.3, 0.4) is 0 Å². The summed E-state index contributed by atoms with van der Waals surface area (Å²) < 4.78 is 5.20. The number of benzene rings is 2. The van der Waals surface area contributed by atoms with Crippen LogP contribution in [0.5, 0.6) is 5.75 Å². The molecular formula is C25H38IN5O. The van der Waals surface area contributed by atoms with E-state index in [0.717, 1.165) is 50.9 Å². The molecule has 2 N–H and O–H groups in total. The lowest BCUT2D eigenvalue weighted by molar-refractivity contribution is 0.126. The van der Waals surface area contributed by atoms with Gasteiger partial charge in [-0.15, -0.1) is 24.0 Å². The third kappa shape index (κ3) is 9.34. The molecule has 2 aromatic carbocycles. The predicted octanol–water partition coefficient (Wildman–Crippen LogP) is 3.58. The van der Waals surface area contributed by atoms with Crippen LogP contribution in [-0.2, 0) is 13.1 Å². The van der Waals surface area contributed by atoms with Crippen molar-refractivity contribution in [3.63, 3.8) is 0 Å². The molecule has 32 heavy (non-hydrogen) atoms. The monoisotopic (exact) mass is 551 g/mol. The normalized spacial score (nSPS) is 15.1. The molecule has 1 aliphatic rings. The maximum absolute atomic E-state index is 5.20. The van der Waals surface area contributed by atoms with Crippen molar-refractivity contribution in [3.8, 4) is 5.75 Å². The van der Waals surface area contributed by atoms with Crippen LogP contribution in [-0.4, -0.2) is 69.2 Å². The van der Waals surface area contributed by atoms with Crippen molar-refractivity contribution in [2.45, 2.75) is 25.9 Å². The molecule has 0 spiro atoms. The van der Waals surface area contributed by atoms with Crippen LogP contribution in [0.4, 0.5) is 0 Å². The van der Waals surface area contributed by atoms with E-state index in [0.29, 0.717) is 0 Å². The van der Waals surface area contributed by atoms with Gasteiger partial charge in [0.15, 0.2) is 5.96 Å². The van der Waals surface area contributed by atoms with Gasteiger partial charge in [0.05, 0.1) is 7.11 Å². The summed E-state index contributed by atoms with van der Waals surface area (Å²) in [4.78, 5) is 9.48. The van der Waals surface area contributed by atoms with Crippen molar-refractivity contribution in [3.05, 3.63) is 65.7 Å². The summed E-state index contributed by atoms with van der Waals surface area (Å²) in [7, 11) is 3.50. The van der Waals surface area contributed by atoms with Gasteiger partial charge in [-0.1, -0.05) is 42.5 Å². The van der Waals surface area contributed by atoms with Crippen LogP contribution < -0.4 is 15.4 Å². The first-order chi connectivity index (χ1) is 15.3. The van der Waals surface area contributed by atoms with Gasteiger partial charge in [0.1, 0.15) is 5.75 Å². The fraction of sp³-hybridized carbons (Fsp3) is 0.480. The number of halogens is 1.